The fourth-order valence-corrected chi connectivity index (χ4v) is 2.38. The van der Waals surface area contributed by atoms with Crippen LogP contribution in [0.15, 0.2) is 30.6 Å². The molecule has 1 fully saturated rings. The van der Waals surface area contributed by atoms with Gasteiger partial charge in [-0.3, -0.25) is 20.0 Å². The lowest BCUT2D eigenvalue weighted by atomic mass is 10.1. The number of carboxylic acid groups (broad SMARTS) is 1. The van der Waals surface area contributed by atoms with Crippen molar-refractivity contribution in [1.29, 1.82) is 0 Å². The summed E-state index contributed by atoms with van der Waals surface area (Å²) in [7, 11) is 0. The largest absolute Gasteiger partial charge is 0.478 e. The van der Waals surface area contributed by atoms with Crippen LogP contribution in [0.1, 0.15) is 16.8 Å². The lowest BCUT2D eigenvalue weighted by molar-refractivity contribution is -0.120. The maximum atomic E-state index is 11.9. The van der Waals surface area contributed by atoms with E-state index >= 15 is 0 Å². The predicted octanol–water partition coefficient (Wildman–Crippen LogP) is 1.38. The van der Waals surface area contributed by atoms with E-state index in [0.29, 0.717) is 16.5 Å². The molecule has 21 heavy (non-hydrogen) atoms. The van der Waals surface area contributed by atoms with E-state index in [1.165, 1.54) is 17.3 Å². The van der Waals surface area contributed by atoms with Crippen LogP contribution in [0, 0.1) is 0 Å². The van der Waals surface area contributed by atoms with Crippen molar-refractivity contribution >= 4 is 34.4 Å². The summed E-state index contributed by atoms with van der Waals surface area (Å²) in [6, 6.07) is 4.52. The van der Waals surface area contributed by atoms with E-state index in [1.54, 1.807) is 18.2 Å². The second-order valence-electron chi connectivity index (χ2n) is 4.62. The van der Waals surface area contributed by atoms with Gasteiger partial charge in [0.15, 0.2) is 0 Å². The van der Waals surface area contributed by atoms with Crippen LogP contribution in [-0.2, 0) is 4.79 Å². The maximum absolute atomic E-state index is 11.9. The number of aromatic carboxylic acids is 1. The molecule has 1 aromatic heterocycles. The average molecular weight is 285 g/mol. The van der Waals surface area contributed by atoms with E-state index in [2.05, 4.69) is 10.3 Å². The summed E-state index contributed by atoms with van der Waals surface area (Å²) >= 11 is 0. The number of pyridine rings is 1. The number of benzene rings is 1. The minimum absolute atomic E-state index is 0.0721. The van der Waals surface area contributed by atoms with Gasteiger partial charge in [-0.15, -0.1) is 0 Å². The highest BCUT2D eigenvalue weighted by atomic mass is 16.4. The number of rotatable bonds is 2. The number of hydrogen-bond donors (Lipinski definition) is 2. The second kappa shape index (κ2) is 4.86. The first kappa shape index (κ1) is 13.0. The lowest BCUT2D eigenvalue weighted by Gasteiger charge is -2.27. The van der Waals surface area contributed by atoms with Crippen LogP contribution in [0.2, 0.25) is 0 Å². The van der Waals surface area contributed by atoms with Gasteiger partial charge in [-0.2, -0.15) is 0 Å². The molecule has 7 nitrogen and oxygen atoms in total. The summed E-state index contributed by atoms with van der Waals surface area (Å²) < 4.78 is 0. The summed E-state index contributed by atoms with van der Waals surface area (Å²) in [6.07, 6.45) is 2.99. The Morgan fingerprint density at radius 2 is 2.05 bits per heavy atom. The van der Waals surface area contributed by atoms with Crippen LogP contribution in [0.3, 0.4) is 0 Å². The third-order valence-electron chi connectivity index (χ3n) is 3.36. The van der Waals surface area contributed by atoms with Crippen LogP contribution in [0.4, 0.5) is 10.5 Å². The number of carbonyl (C=O) groups is 3. The second-order valence-corrected chi connectivity index (χ2v) is 4.62. The number of carbonyl (C=O) groups excluding carboxylic acids is 2. The Morgan fingerprint density at radius 1 is 1.24 bits per heavy atom. The zero-order valence-corrected chi connectivity index (χ0v) is 10.9. The number of anilines is 1. The van der Waals surface area contributed by atoms with E-state index in [-0.39, 0.29) is 24.4 Å². The molecule has 106 valence electrons. The highest BCUT2D eigenvalue weighted by Crippen LogP contribution is 2.29. The van der Waals surface area contributed by atoms with Gasteiger partial charge in [-0.1, -0.05) is 12.1 Å². The number of amides is 3. The zero-order valence-electron chi connectivity index (χ0n) is 10.9. The first-order chi connectivity index (χ1) is 10.1. The number of urea groups is 1. The van der Waals surface area contributed by atoms with Gasteiger partial charge >= 0.3 is 12.0 Å². The average Bonchev–Trinajstić information content (AvgIpc) is 2.46. The van der Waals surface area contributed by atoms with Crippen LogP contribution in [0.5, 0.6) is 0 Å². The molecule has 1 aliphatic rings. The molecule has 0 bridgehead atoms. The Balaban J connectivity index is 2.16. The summed E-state index contributed by atoms with van der Waals surface area (Å²) in [5, 5.41) is 12.5. The lowest BCUT2D eigenvalue weighted by Crippen LogP contribution is -2.49. The zero-order chi connectivity index (χ0) is 15.0. The first-order valence-electron chi connectivity index (χ1n) is 6.29. The molecule has 2 aromatic rings. The van der Waals surface area contributed by atoms with E-state index in [9.17, 15) is 19.5 Å². The van der Waals surface area contributed by atoms with E-state index in [4.69, 9.17) is 0 Å². The minimum atomic E-state index is -1.08. The van der Waals surface area contributed by atoms with Gasteiger partial charge in [-0.05, 0) is 6.07 Å². The van der Waals surface area contributed by atoms with Gasteiger partial charge in [0.25, 0.3) is 0 Å². The van der Waals surface area contributed by atoms with Crippen molar-refractivity contribution in [3.63, 3.8) is 0 Å². The molecule has 7 heteroatoms. The Hall–Kier alpha value is -2.96. The van der Waals surface area contributed by atoms with Gasteiger partial charge in [0.1, 0.15) is 0 Å². The Kier molecular flexibility index (Phi) is 3.02. The van der Waals surface area contributed by atoms with Gasteiger partial charge in [-0.25, -0.2) is 9.59 Å². The molecule has 1 saturated heterocycles. The molecule has 2 N–H and O–H groups in total. The SMILES string of the molecule is O=C1CCN(c2cccc3c(C(=O)O)cncc23)C(=O)N1. The van der Waals surface area contributed by atoms with Crippen molar-refractivity contribution in [3.8, 4) is 0 Å². The van der Waals surface area contributed by atoms with Crippen molar-refractivity contribution in [2.75, 3.05) is 11.4 Å². The molecular weight excluding hydrogens is 274 g/mol. The van der Waals surface area contributed by atoms with Crippen LogP contribution < -0.4 is 10.2 Å². The van der Waals surface area contributed by atoms with Crippen LogP contribution in [-0.4, -0.2) is 34.5 Å². The Labute approximate surface area is 119 Å². The molecule has 2 heterocycles. The number of hydrogen-bond acceptors (Lipinski definition) is 4. The van der Waals surface area contributed by atoms with E-state index in [0.717, 1.165) is 0 Å². The number of nitrogens with one attached hydrogen (secondary N) is 1. The molecule has 1 aromatic carbocycles. The van der Waals surface area contributed by atoms with Crippen molar-refractivity contribution in [1.82, 2.24) is 10.3 Å². The molecule has 0 radical (unpaired) electrons. The maximum Gasteiger partial charge on any atom is 0.337 e. The van der Waals surface area contributed by atoms with Crippen molar-refractivity contribution in [2.45, 2.75) is 6.42 Å². The molecule has 0 aliphatic carbocycles. The van der Waals surface area contributed by atoms with Crippen LogP contribution in [0.25, 0.3) is 10.8 Å². The van der Waals surface area contributed by atoms with Crippen LogP contribution >= 0.6 is 0 Å². The third kappa shape index (κ3) is 2.18. The molecule has 0 unspecified atom stereocenters. The summed E-state index contributed by atoms with van der Waals surface area (Å²) in [6.45, 7) is 0.251. The van der Waals surface area contributed by atoms with Crippen molar-refractivity contribution in [3.05, 3.63) is 36.2 Å². The minimum Gasteiger partial charge on any atom is -0.478 e. The number of nitrogens with zero attached hydrogens (tertiary/aromatic N) is 2. The Morgan fingerprint density at radius 3 is 2.76 bits per heavy atom. The summed E-state index contributed by atoms with van der Waals surface area (Å²) in [4.78, 5) is 39.7. The van der Waals surface area contributed by atoms with Gasteiger partial charge in [0.05, 0.1) is 11.3 Å². The Bertz CT molecular complexity index is 772. The third-order valence-corrected chi connectivity index (χ3v) is 3.36. The van der Waals surface area contributed by atoms with Gasteiger partial charge in [0.2, 0.25) is 5.91 Å². The fraction of sp³-hybridized carbons (Fsp3) is 0.143. The number of aromatic nitrogens is 1. The van der Waals surface area contributed by atoms with E-state index in [1.807, 2.05) is 0 Å². The molecule has 0 saturated carbocycles. The molecule has 3 amide bonds. The molecular formula is C14H11N3O4. The van der Waals surface area contributed by atoms with Crippen molar-refractivity contribution < 1.29 is 19.5 Å². The summed E-state index contributed by atoms with van der Waals surface area (Å²) in [5.41, 5.74) is 0.607. The molecule has 1 aliphatic heterocycles. The smallest absolute Gasteiger partial charge is 0.337 e. The number of carboxylic acids is 1. The summed E-state index contributed by atoms with van der Waals surface area (Å²) in [5.74, 6) is -1.40. The molecule has 0 spiro atoms. The van der Waals surface area contributed by atoms with Gasteiger partial charge in [0, 0.05) is 36.1 Å². The predicted molar refractivity (Wildman–Crippen MR) is 74.2 cm³/mol. The first-order valence-corrected chi connectivity index (χ1v) is 6.29. The standard InChI is InChI=1S/C14H11N3O4/c18-12-4-5-17(14(21)16-12)11-3-1-2-8-9(11)6-15-7-10(8)13(19)20/h1-3,6-7H,4-5H2,(H,19,20)(H,16,18,21). The quantitative estimate of drug-likeness (QED) is 0.868. The van der Waals surface area contributed by atoms with E-state index < -0.39 is 12.0 Å². The molecule has 0 atom stereocenters. The number of imide groups is 1. The number of fused-ring (bicyclic) bond motifs is 1. The normalized spacial score (nSPS) is 15.1. The fourth-order valence-electron chi connectivity index (χ4n) is 2.38. The van der Waals surface area contributed by atoms with Crippen molar-refractivity contribution in [2.24, 2.45) is 0 Å². The van der Waals surface area contributed by atoms with Gasteiger partial charge < -0.3 is 5.11 Å². The highest BCUT2D eigenvalue weighted by Gasteiger charge is 2.26. The molecule has 3 rings (SSSR count). The monoisotopic (exact) mass is 285 g/mol. The topological polar surface area (TPSA) is 99.6 Å². The highest BCUT2D eigenvalue weighted by molar-refractivity contribution is 6.12.